The van der Waals surface area contributed by atoms with Crippen molar-refractivity contribution in [1.29, 1.82) is 0 Å². The number of rotatable bonds is 5. The highest BCUT2D eigenvalue weighted by Gasteiger charge is 2.21. The minimum Gasteiger partial charge on any atom is -0.478 e. The maximum atomic E-state index is 12.4. The molecule has 0 atom stereocenters. The summed E-state index contributed by atoms with van der Waals surface area (Å²) in [6.45, 7) is 1.79. The lowest BCUT2D eigenvalue weighted by atomic mass is 10.1. The zero-order valence-corrected chi connectivity index (χ0v) is 14.2. The Balaban J connectivity index is 2.37. The highest BCUT2D eigenvalue weighted by Crippen LogP contribution is 2.26. The van der Waals surface area contributed by atoms with E-state index in [1.807, 2.05) is 16.8 Å². The van der Waals surface area contributed by atoms with E-state index in [1.165, 1.54) is 23.5 Å². The number of sulfonamides is 1. The summed E-state index contributed by atoms with van der Waals surface area (Å²) in [6, 6.07) is 4.37. The van der Waals surface area contributed by atoms with E-state index in [1.54, 1.807) is 6.92 Å². The molecule has 8 heteroatoms. The molecular weight excluding hydrogens is 378 g/mol. The van der Waals surface area contributed by atoms with Crippen LogP contribution >= 0.6 is 27.3 Å². The summed E-state index contributed by atoms with van der Waals surface area (Å²) < 4.78 is 27.6. The van der Waals surface area contributed by atoms with Crippen LogP contribution in [0, 0.1) is 6.92 Å². The second-order valence-electron chi connectivity index (χ2n) is 4.34. The third kappa shape index (κ3) is 3.70. The molecular formula is C13H12BrNO4S2. The molecule has 0 aliphatic rings. The van der Waals surface area contributed by atoms with E-state index >= 15 is 0 Å². The standard InChI is InChI=1S/C13H12BrNO4S2/c1-8-11(14)4-10(13(16)17)5-12(8)21(18,19)15-6-9-2-3-20-7-9/h2-5,7,15H,6H2,1H3,(H,16,17). The van der Waals surface area contributed by atoms with Crippen molar-refractivity contribution in [3.05, 3.63) is 50.1 Å². The molecule has 1 aromatic carbocycles. The number of carboxylic acid groups (broad SMARTS) is 1. The van der Waals surface area contributed by atoms with Gasteiger partial charge in [-0.1, -0.05) is 15.9 Å². The van der Waals surface area contributed by atoms with E-state index in [2.05, 4.69) is 20.7 Å². The summed E-state index contributed by atoms with van der Waals surface area (Å²) >= 11 is 4.67. The van der Waals surface area contributed by atoms with Gasteiger partial charge in [-0.15, -0.1) is 0 Å². The quantitative estimate of drug-likeness (QED) is 0.822. The van der Waals surface area contributed by atoms with E-state index in [9.17, 15) is 13.2 Å². The monoisotopic (exact) mass is 389 g/mol. The molecule has 0 bridgehead atoms. The number of benzene rings is 1. The first-order chi connectivity index (χ1) is 9.81. The SMILES string of the molecule is Cc1c(Br)cc(C(=O)O)cc1S(=O)(=O)NCc1ccsc1. The highest BCUT2D eigenvalue weighted by atomic mass is 79.9. The average Bonchev–Trinajstić information content (AvgIpc) is 2.92. The van der Waals surface area contributed by atoms with Gasteiger partial charge in [-0.3, -0.25) is 0 Å². The lowest BCUT2D eigenvalue weighted by Gasteiger charge is -2.11. The topological polar surface area (TPSA) is 83.5 Å². The molecule has 0 amide bonds. The van der Waals surface area contributed by atoms with Gasteiger partial charge in [0.2, 0.25) is 10.0 Å². The Morgan fingerprint density at radius 3 is 2.71 bits per heavy atom. The van der Waals surface area contributed by atoms with Crippen molar-refractivity contribution in [3.8, 4) is 0 Å². The third-order valence-electron chi connectivity index (χ3n) is 2.88. The maximum absolute atomic E-state index is 12.4. The largest absolute Gasteiger partial charge is 0.478 e. The fourth-order valence-electron chi connectivity index (χ4n) is 1.71. The molecule has 0 radical (unpaired) electrons. The van der Waals surface area contributed by atoms with E-state index in [0.717, 1.165) is 5.56 Å². The molecule has 1 heterocycles. The number of carbonyl (C=O) groups is 1. The first-order valence-electron chi connectivity index (χ1n) is 5.85. The number of hydrogen-bond donors (Lipinski definition) is 2. The minimum atomic E-state index is -3.78. The van der Waals surface area contributed by atoms with Gasteiger partial charge in [0, 0.05) is 11.0 Å². The molecule has 0 unspecified atom stereocenters. The minimum absolute atomic E-state index is 0.0375. The molecule has 112 valence electrons. The third-order valence-corrected chi connectivity index (χ3v) is 5.96. The molecule has 2 N–H and O–H groups in total. The van der Waals surface area contributed by atoms with Crippen LogP contribution in [0.1, 0.15) is 21.5 Å². The van der Waals surface area contributed by atoms with Crippen LogP contribution in [0.2, 0.25) is 0 Å². The number of halogens is 1. The first-order valence-corrected chi connectivity index (χ1v) is 9.07. The van der Waals surface area contributed by atoms with Crippen molar-refractivity contribution >= 4 is 43.3 Å². The molecule has 0 fully saturated rings. The van der Waals surface area contributed by atoms with Crippen LogP contribution in [0.15, 0.2) is 38.3 Å². The molecule has 2 rings (SSSR count). The van der Waals surface area contributed by atoms with Crippen LogP contribution in [-0.4, -0.2) is 19.5 Å². The molecule has 21 heavy (non-hydrogen) atoms. The summed E-state index contributed by atoms with van der Waals surface area (Å²) in [6.07, 6.45) is 0. The van der Waals surface area contributed by atoms with Crippen LogP contribution in [0.4, 0.5) is 0 Å². The van der Waals surface area contributed by atoms with E-state index < -0.39 is 16.0 Å². The highest BCUT2D eigenvalue weighted by molar-refractivity contribution is 9.10. The van der Waals surface area contributed by atoms with Crippen molar-refractivity contribution < 1.29 is 18.3 Å². The van der Waals surface area contributed by atoms with Gasteiger partial charge in [-0.05, 0) is 47.0 Å². The Labute approximate surface area is 134 Å². The Morgan fingerprint density at radius 1 is 1.43 bits per heavy atom. The summed E-state index contributed by atoms with van der Waals surface area (Å²) in [7, 11) is -3.78. The van der Waals surface area contributed by atoms with Crippen LogP contribution in [0.3, 0.4) is 0 Å². The molecule has 0 saturated heterocycles. The molecule has 5 nitrogen and oxygen atoms in total. The Kier molecular flexibility index (Phi) is 4.82. The second kappa shape index (κ2) is 6.27. The first kappa shape index (κ1) is 16.2. The zero-order valence-electron chi connectivity index (χ0n) is 11.0. The van der Waals surface area contributed by atoms with Crippen molar-refractivity contribution in [3.63, 3.8) is 0 Å². The zero-order chi connectivity index (χ0) is 15.6. The summed E-state index contributed by atoms with van der Waals surface area (Å²) in [5.74, 6) is -1.18. The summed E-state index contributed by atoms with van der Waals surface area (Å²) in [5.41, 5.74) is 1.25. The fraction of sp³-hybridized carbons (Fsp3) is 0.154. The van der Waals surface area contributed by atoms with Gasteiger partial charge in [0.05, 0.1) is 10.5 Å². The van der Waals surface area contributed by atoms with Crippen molar-refractivity contribution in [2.24, 2.45) is 0 Å². The number of thiophene rings is 1. The lowest BCUT2D eigenvalue weighted by molar-refractivity contribution is 0.0696. The van der Waals surface area contributed by atoms with Crippen molar-refractivity contribution in [2.75, 3.05) is 0 Å². The number of aromatic carboxylic acids is 1. The average molecular weight is 390 g/mol. The van der Waals surface area contributed by atoms with E-state index in [0.29, 0.717) is 10.0 Å². The maximum Gasteiger partial charge on any atom is 0.335 e. The predicted octanol–water partition coefficient (Wildman–Crippen LogP) is 3.00. The Hall–Kier alpha value is -1.22. The summed E-state index contributed by atoms with van der Waals surface area (Å²) in [5, 5.41) is 12.7. The van der Waals surface area contributed by atoms with Crippen molar-refractivity contribution in [2.45, 2.75) is 18.4 Å². The van der Waals surface area contributed by atoms with Gasteiger partial charge in [0.1, 0.15) is 0 Å². The number of nitrogens with one attached hydrogen (secondary N) is 1. The van der Waals surface area contributed by atoms with Crippen LogP contribution < -0.4 is 4.72 Å². The van der Waals surface area contributed by atoms with Gasteiger partial charge in [-0.2, -0.15) is 11.3 Å². The normalized spacial score (nSPS) is 11.5. The predicted molar refractivity (Wildman–Crippen MR) is 84.2 cm³/mol. The Morgan fingerprint density at radius 2 is 2.14 bits per heavy atom. The molecule has 0 aliphatic carbocycles. The van der Waals surface area contributed by atoms with E-state index in [-0.39, 0.29) is 17.0 Å². The molecule has 0 saturated carbocycles. The molecule has 1 aromatic heterocycles. The van der Waals surface area contributed by atoms with E-state index in [4.69, 9.17) is 5.11 Å². The summed E-state index contributed by atoms with van der Waals surface area (Å²) in [4.78, 5) is 11.0. The molecule has 0 spiro atoms. The Bertz CT molecular complexity index is 770. The molecule has 2 aromatic rings. The lowest BCUT2D eigenvalue weighted by Crippen LogP contribution is -2.24. The van der Waals surface area contributed by atoms with Gasteiger partial charge in [0.25, 0.3) is 0 Å². The molecule has 0 aliphatic heterocycles. The van der Waals surface area contributed by atoms with Gasteiger partial charge < -0.3 is 5.11 Å². The van der Waals surface area contributed by atoms with Crippen LogP contribution in [0.25, 0.3) is 0 Å². The van der Waals surface area contributed by atoms with Crippen molar-refractivity contribution in [1.82, 2.24) is 4.72 Å². The van der Waals surface area contributed by atoms with Crippen LogP contribution in [-0.2, 0) is 16.6 Å². The van der Waals surface area contributed by atoms with Gasteiger partial charge >= 0.3 is 5.97 Å². The fourth-order valence-corrected chi connectivity index (χ4v) is 4.27. The van der Waals surface area contributed by atoms with Gasteiger partial charge in [0.15, 0.2) is 0 Å². The number of carboxylic acids is 1. The number of hydrogen-bond acceptors (Lipinski definition) is 4. The smallest absolute Gasteiger partial charge is 0.335 e. The van der Waals surface area contributed by atoms with Gasteiger partial charge in [-0.25, -0.2) is 17.9 Å². The van der Waals surface area contributed by atoms with Crippen LogP contribution in [0.5, 0.6) is 0 Å². The second-order valence-corrected chi connectivity index (χ2v) is 7.71.